The summed E-state index contributed by atoms with van der Waals surface area (Å²) in [5.41, 5.74) is 6.75. The van der Waals surface area contributed by atoms with Gasteiger partial charge in [-0.1, -0.05) is 5.21 Å². The van der Waals surface area contributed by atoms with Gasteiger partial charge in [-0.2, -0.15) is 0 Å². The summed E-state index contributed by atoms with van der Waals surface area (Å²) in [6.45, 7) is 2.74. The molecule has 1 aliphatic heterocycles. The first kappa shape index (κ1) is 10.1. The lowest BCUT2D eigenvalue weighted by Gasteiger charge is -2.40. The minimum Gasteiger partial charge on any atom is -0.329 e. The van der Waals surface area contributed by atoms with Gasteiger partial charge in [0.2, 0.25) is 0 Å². The SMILES string of the molecule is Cn1nnc(Br)c1CN1CCC1CN. The minimum atomic E-state index is 0.539. The second kappa shape index (κ2) is 3.96. The molecule has 1 fully saturated rings. The summed E-state index contributed by atoms with van der Waals surface area (Å²) in [6, 6.07) is 0.539. The largest absolute Gasteiger partial charge is 0.329 e. The summed E-state index contributed by atoms with van der Waals surface area (Å²) >= 11 is 3.39. The first-order valence-electron chi connectivity index (χ1n) is 4.70. The summed E-state index contributed by atoms with van der Waals surface area (Å²) in [5, 5.41) is 7.89. The Morgan fingerprint density at radius 2 is 2.43 bits per heavy atom. The highest BCUT2D eigenvalue weighted by Crippen LogP contribution is 2.22. The van der Waals surface area contributed by atoms with Crippen molar-refractivity contribution in [3.63, 3.8) is 0 Å². The van der Waals surface area contributed by atoms with Gasteiger partial charge in [0.1, 0.15) is 0 Å². The molecule has 6 heteroatoms. The topological polar surface area (TPSA) is 60.0 Å². The molecular formula is C8H14BrN5. The quantitative estimate of drug-likeness (QED) is 0.838. The van der Waals surface area contributed by atoms with E-state index in [2.05, 4.69) is 31.1 Å². The highest BCUT2D eigenvalue weighted by atomic mass is 79.9. The molecule has 0 saturated carbocycles. The fraction of sp³-hybridized carbons (Fsp3) is 0.750. The first-order valence-corrected chi connectivity index (χ1v) is 5.50. The smallest absolute Gasteiger partial charge is 0.152 e. The van der Waals surface area contributed by atoms with Crippen molar-refractivity contribution >= 4 is 15.9 Å². The summed E-state index contributed by atoms with van der Waals surface area (Å²) in [6.07, 6.45) is 1.21. The first-order chi connectivity index (χ1) is 6.72. The molecule has 5 nitrogen and oxygen atoms in total. The third-order valence-corrected chi connectivity index (χ3v) is 3.40. The number of aryl methyl sites for hydroxylation is 1. The second-order valence-electron chi connectivity index (χ2n) is 3.60. The van der Waals surface area contributed by atoms with Crippen molar-refractivity contribution in [3.8, 4) is 0 Å². The standard InChI is InChI=1S/C8H14BrN5/c1-13-7(8(9)11-12-13)5-14-3-2-6(14)4-10/h6H,2-5,10H2,1H3. The Morgan fingerprint density at radius 1 is 1.64 bits per heavy atom. The molecule has 14 heavy (non-hydrogen) atoms. The average Bonchev–Trinajstić information content (AvgIpc) is 2.43. The molecule has 0 radical (unpaired) electrons. The van der Waals surface area contributed by atoms with Gasteiger partial charge in [0, 0.05) is 32.7 Å². The number of hydrogen-bond donors (Lipinski definition) is 1. The van der Waals surface area contributed by atoms with E-state index in [0.717, 1.165) is 29.9 Å². The van der Waals surface area contributed by atoms with Crippen LogP contribution in [0.5, 0.6) is 0 Å². The Morgan fingerprint density at radius 3 is 2.86 bits per heavy atom. The van der Waals surface area contributed by atoms with Crippen molar-refractivity contribution in [2.75, 3.05) is 13.1 Å². The van der Waals surface area contributed by atoms with E-state index in [1.807, 2.05) is 7.05 Å². The van der Waals surface area contributed by atoms with Gasteiger partial charge >= 0.3 is 0 Å². The van der Waals surface area contributed by atoms with Crippen LogP contribution in [-0.2, 0) is 13.6 Å². The molecule has 1 aromatic heterocycles. The average molecular weight is 260 g/mol. The van der Waals surface area contributed by atoms with Gasteiger partial charge in [-0.25, -0.2) is 4.68 Å². The number of nitrogens with two attached hydrogens (primary N) is 1. The van der Waals surface area contributed by atoms with Crippen molar-refractivity contribution in [2.24, 2.45) is 12.8 Å². The van der Waals surface area contributed by atoms with Crippen molar-refractivity contribution in [1.82, 2.24) is 19.9 Å². The molecule has 2 heterocycles. The fourth-order valence-corrected chi connectivity index (χ4v) is 2.13. The molecule has 1 aliphatic rings. The number of aromatic nitrogens is 3. The van der Waals surface area contributed by atoms with Gasteiger partial charge in [0.05, 0.1) is 5.69 Å². The van der Waals surface area contributed by atoms with Crippen molar-refractivity contribution in [3.05, 3.63) is 10.3 Å². The van der Waals surface area contributed by atoms with E-state index in [1.165, 1.54) is 6.42 Å². The number of halogens is 1. The predicted octanol–water partition coefficient (Wildman–Crippen LogP) is 0.111. The summed E-state index contributed by atoms with van der Waals surface area (Å²) in [5.74, 6) is 0. The zero-order valence-corrected chi connectivity index (χ0v) is 9.74. The maximum Gasteiger partial charge on any atom is 0.152 e. The van der Waals surface area contributed by atoms with E-state index in [1.54, 1.807) is 4.68 Å². The summed E-state index contributed by atoms with van der Waals surface area (Å²) < 4.78 is 2.64. The van der Waals surface area contributed by atoms with Crippen LogP contribution in [0.3, 0.4) is 0 Å². The van der Waals surface area contributed by atoms with E-state index < -0.39 is 0 Å². The van der Waals surface area contributed by atoms with Crippen LogP contribution in [0, 0.1) is 0 Å². The van der Waals surface area contributed by atoms with Crippen molar-refractivity contribution in [1.29, 1.82) is 0 Å². The molecule has 78 valence electrons. The summed E-state index contributed by atoms with van der Waals surface area (Å²) in [4.78, 5) is 2.35. The Balaban J connectivity index is 2.04. The fourth-order valence-electron chi connectivity index (χ4n) is 1.68. The van der Waals surface area contributed by atoms with Gasteiger partial charge in [-0.05, 0) is 22.4 Å². The molecule has 1 saturated heterocycles. The Bertz CT molecular complexity index is 302. The molecule has 0 spiro atoms. The maximum absolute atomic E-state index is 5.64. The molecular weight excluding hydrogens is 246 g/mol. The zero-order chi connectivity index (χ0) is 10.1. The number of nitrogens with zero attached hydrogens (tertiary/aromatic N) is 4. The number of likely N-dealkylation sites (tertiary alicyclic amines) is 1. The third-order valence-electron chi connectivity index (χ3n) is 2.79. The van der Waals surface area contributed by atoms with Gasteiger partial charge in [0.15, 0.2) is 4.60 Å². The second-order valence-corrected chi connectivity index (χ2v) is 4.35. The van der Waals surface area contributed by atoms with E-state index in [0.29, 0.717) is 6.04 Å². The molecule has 0 bridgehead atoms. The van der Waals surface area contributed by atoms with Gasteiger partial charge in [-0.15, -0.1) is 5.10 Å². The van der Waals surface area contributed by atoms with Gasteiger partial charge in [-0.3, -0.25) is 4.90 Å². The van der Waals surface area contributed by atoms with Gasteiger partial charge < -0.3 is 5.73 Å². The molecule has 1 aromatic rings. The lowest BCUT2D eigenvalue weighted by atomic mass is 10.0. The highest BCUT2D eigenvalue weighted by molar-refractivity contribution is 9.10. The van der Waals surface area contributed by atoms with E-state index in [-0.39, 0.29) is 0 Å². The van der Waals surface area contributed by atoms with Crippen LogP contribution in [0.15, 0.2) is 4.60 Å². The molecule has 0 amide bonds. The van der Waals surface area contributed by atoms with E-state index in [9.17, 15) is 0 Å². The molecule has 1 atom stereocenters. The van der Waals surface area contributed by atoms with E-state index >= 15 is 0 Å². The number of hydrogen-bond acceptors (Lipinski definition) is 4. The molecule has 0 aliphatic carbocycles. The van der Waals surface area contributed by atoms with Crippen molar-refractivity contribution in [2.45, 2.75) is 19.0 Å². The van der Waals surface area contributed by atoms with Crippen LogP contribution in [0.1, 0.15) is 12.1 Å². The Labute approximate surface area is 91.4 Å². The van der Waals surface area contributed by atoms with Crippen LogP contribution in [0.25, 0.3) is 0 Å². The van der Waals surface area contributed by atoms with Crippen LogP contribution >= 0.6 is 15.9 Å². The third kappa shape index (κ3) is 1.69. The predicted molar refractivity (Wildman–Crippen MR) is 56.6 cm³/mol. The highest BCUT2D eigenvalue weighted by Gasteiger charge is 2.27. The monoisotopic (exact) mass is 259 g/mol. The Kier molecular flexibility index (Phi) is 2.85. The molecule has 1 unspecified atom stereocenters. The Hall–Kier alpha value is -0.460. The molecule has 2 rings (SSSR count). The molecule has 0 aromatic carbocycles. The van der Waals surface area contributed by atoms with Crippen LogP contribution < -0.4 is 5.73 Å². The van der Waals surface area contributed by atoms with Crippen LogP contribution in [-0.4, -0.2) is 39.0 Å². The summed E-state index contributed by atoms with van der Waals surface area (Å²) in [7, 11) is 1.91. The van der Waals surface area contributed by atoms with Crippen LogP contribution in [0.4, 0.5) is 0 Å². The van der Waals surface area contributed by atoms with Gasteiger partial charge in [0.25, 0.3) is 0 Å². The minimum absolute atomic E-state index is 0.539. The number of rotatable bonds is 3. The lowest BCUT2D eigenvalue weighted by Crippen LogP contribution is -2.51. The lowest BCUT2D eigenvalue weighted by molar-refractivity contribution is 0.0850. The van der Waals surface area contributed by atoms with Crippen molar-refractivity contribution < 1.29 is 0 Å². The van der Waals surface area contributed by atoms with E-state index in [4.69, 9.17) is 5.73 Å². The normalized spacial score (nSPS) is 22.4. The zero-order valence-electron chi connectivity index (χ0n) is 8.15. The molecule has 2 N–H and O–H groups in total. The maximum atomic E-state index is 5.64. The van der Waals surface area contributed by atoms with Crippen LogP contribution in [0.2, 0.25) is 0 Å².